The fraction of sp³-hybridized carbons (Fsp3) is 0.786. The molecule has 0 spiro atoms. The van der Waals surface area contributed by atoms with E-state index in [4.69, 9.17) is 5.73 Å². The van der Waals surface area contributed by atoms with Gasteiger partial charge in [-0.25, -0.2) is 4.98 Å². The van der Waals surface area contributed by atoms with Crippen LogP contribution in [0.4, 0.5) is 0 Å². The summed E-state index contributed by atoms with van der Waals surface area (Å²) >= 11 is 2.07. The summed E-state index contributed by atoms with van der Waals surface area (Å²) in [5, 5.41) is 0.681. The van der Waals surface area contributed by atoms with Crippen LogP contribution >= 0.6 is 11.8 Å². The summed E-state index contributed by atoms with van der Waals surface area (Å²) in [6.45, 7) is 6.47. The number of nitrogens with zero attached hydrogens (tertiary/aromatic N) is 3. The molecule has 2 aliphatic rings. The molecule has 2 N–H and O–H groups in total. The molecule has 1 aromatic heterocycles. The van der Waals surface area contributed by atoms with Gasteiger partial charge in [-0.3, -0.25) is 4.90 Å². The number of rotatable bonds is 4. The van der Waals surface area contributed by atoms with Crippen molar-refractivity contribution in [3.63, 3.8) is 0 Å². The molecular weight excluding hydrogens is 256 g/mol. The van der Waals surface area contributed by atoms with Crippen LogP contribution in [0.25, 0.3) is 0 Å². The molecule has 0 radical (unpaired) electrons. The summed E-state index contributed by atoms with van der Waals surface area (Å²) in [7, 11) is 0. The van der Waals surface area contributed by atoms with Crippen molar-refractivity contribution in [1.82, 2.24) is 14.5 Å². The first-order chi connectivity index (χ1) is 9.22. The van der Waals surface area contributed by atoms with E-state index in [1.807, 2.05) is 12.5 Å². The van der Waals surface area contributed by atoms with Crippen LogP contribution in [-0.4, -0.2) is 44.6 Å². The summed E-state index contributed by atoms with van der Waals surface area (Å²) < 4.78 is 2.36. The van der Waals surface area contributed by atoms with E-state index in [0.717, 1.165) is 6.54 Å². The van der Waals surface area contributed by atoms with E-state index in [1.54, 1.807) is 0 Å². The molecule has 0 bridgehead atoms. The normalized spacial score (nSPS) is 30.5. The van der Waals surface area contributed by atoms with Crippen molar-refractivity contribution in [2.24, 2.45) is 5.73 Å². The third kappa shape index (κ3) is 2.56. The van der Waals surface area contributed by atoms with Gasteiger partial charge in [0.25, 0.3) is 0 Å². The molecule has 0 amide bonds. The lowest BCUT2D eigenvalue weighted by atomic mass is 10.1. The van der Waals surface area contributed by atoms with Crippen molar-refractivity contribution < 1.29 is 0 Å². The quantitative estimate of drug-likeness (QED) is 0.917. The lowest BCUT2D eigenvalue weighted by molar-refractivity contribution is 0.145. The molecule has 3 rings (SSSR count). The molecule has 1 aromatic rings. The molecule has 4 nitrogen and oxygen atoms in total. The highest BCUT2D eigenvalue weighted by atomic mass is 32.2. The Balaban J connectivity index is 1.84. The van der Waals surface area contributed by atoms with Crippen molar-refractivity contribution >= 4 is 11.8 Å². The van der Waals surface area contributed by atoms with Crippen LogP contribution in [0.2, 0.25) is 0 Å². The van der Waals surface area contributed by atoms with E-state index >= 15 is 0 Å². The average Bonchev–Trinajstić information content (AvgIpc) is 3.15. The molecule has 1 aliphatic carbocycles. The first kappa shape index (κ1) is 13.5. The van der Waals surface area contributed by atoms with E-state index < -0.39 is 0 Å². The minimum absolute atomic E-state index is 0.321. The Morgan fingerprint density at radius 3 is 2.95 bits per heavy atom. The fourth-order valence-electron chi connectivity index (χ4n) is 3.05. The second-order valence-corrected chi connectivity index (χ2v) is 7.25. The number of hydrogen-bond donors (Lipinski definition) is 1. The summed E-state index contributed by atoms with van der Waals surface area (Å²) in [4.78, 5) is 6.95. The predicted molar refractivity (Wildman–Crippen MR) is 80.4 cm³/mol. The van der Waals surface area contributed by atoms with Crippen LogP contribution < -0.4 is 5.73 Å². The average molecular weight is 280 g/mol. The molecule has 1 saturated heterocycles. The SMILES string of the molecule is CC1SCCN(C(CN)c2cncn2C2CC2)C1C. The Morgan fingerprint density at radius 2 is 2.26 bits per heavy atom. The van der Waals surface area contributed by atoms with Gasteiger partial charge in [-0.15, -0.1) is 0 Å². The van der Waals surface area contributed by atoms with E-state index in [2.05, 4.69) is 40.1 Å². The Morgan fingerprint density at radius 1 is 1.47 bits per heavy atom. The number of hydrogen-bond acceptors (Lipinski definition) is 4. The molecule has 0 aromatic carbocycles. The second-order valence-electron chi connectivity index (χ2n) is 5.76. The lowest BCUT2D eigenvalue weighted by Crippen LogP contribution is -2.48. The lowest BCUT2D eigenvalue weighted by Gasteiger charge is -2.42. The smallest absolute Gasteiger partial charge is 0.0951 e. The van der Waals surface area contributed by atoms with Gasteiger partial charge >= 0.3 is 0 Å². The summed E-state index contributed by atoms with van der Waals surface area (Å²) in [5.41, 5.74) is 7.42. The number of aromatic nitrogens is 2. The monoisotopic (exact) mass is 280 g/mol. The van der Waals surface area contributed by atoms with Gasteiger partial charge in [0.2, 0.25) is 0 Å². The zero-order valence-corrected chi connectivity index (χ0v) is 12.6. The van der Waals surface area contributed by atoms with Gasteiger partial charge < -0.3 is 10.3 Å². The van der Waals surface area contributed by atoms with Gasteiger partial charge in [0.1, 0.15) is 0 Å². The minimum atomic E-state index is 0.321. The summed E-state index contributed by atoms with van der Waals surface area (Å²) in [6, 6.07) is 1.58. The Kier molecular flexibility index (Phi) is 3.87. The summed E-state index contributed by atoms with van der Waals surface area (Å²) in [5.74, 6) is 1.21. The third-order valence-corrected chi connectivity index (χ3v) is 5.87. The maximum atomic E-state index is 6.10. The van der Waals surface area contributed by atoms with Crippen LogP contribution in [0.1, 0.15) is 44.5 Å². The largest absolute Gasteiger partial charge is 0.330 e. The fourth-order valence-corrected chi connectivity index (χ4v) is 4.18. The zero-order valence-electron chi connectivity index (χ0n) is 11.8. The molecule has 1 saturated carbocycles. The minimum Gasteiger partial charge on any atom is -0.330 e. The van der Waals surface area contributed by atoms with Gasteiger partial charge in [-0.2, -0.15) is 11.8 Å². The highest BCUT2D eigenvalue weighted by Crippen LogP contribution is 2.39. The molecule has 19 heavy (non-hydrogen) atoms. The highest BCUT2D eigenvalue weighted by Gasteiger charge is 2.34. The van der Waals surface area contributed by atoms with Gasteiger partial charge in [-0.1, -0.05) is 6.92 Å². The second kappa shape index (κ2) is 5.46. The van der Waals surface area contributed by atoms with Crippen molar-refractivity contribution in [3.8, 4) is 0 Å². The molecule has 3 atom stereocenters. The number of thioether (sulfide) groups is 1. The van der Waals surface area contributed by atoms with E-state index in [-0.39, 0.29) is 0 Å². The van der Waals surface area contributed by atoms with Crippen LogP contribution in [0.15, 0.2) is 12.5 Å². The first-order valence-corrected chi connectivity index (χ1v) is 8.36. The predicted octanol–water partition coefficient (Wildman–Crippen LogP) is 2.04. The number of imidazole rings is 1. The van der Waals surface area contributed by atoms with Crippen LogP contribution in [0, 0.1) is 0 Å². The Labute approximate surface area is 119 Å². The maximum Gasteiger partial charge on any atom is 0.0951 e. The zero-order chi connectivity index (χ0) is 13.4. The molecule has 2 heterocycles. The van der Waals surface area contributed by atoms with Crippen LogP contribution in [-0.2, 0) is 0 Å². The van der Waals surface area contributed by atoms with Gasteiger partial charge in [0.05, 0.1) is 18.1 Å². The molecule has 2 fully saturated rings. The Bertz CT molecular complexity index is 429. The standard InChI is InChI=1S/C14H24N4S/c1-10-11(2)19-6-5-17(10)13(7-15)14-8-16-9-18(14)12-3-4-12/h8-13H,3-7,15H2,1-2H3. The van der Waals surface area contributed by atoms with Crippen molar-refractivity contribution in [2.45, 2.75) is 50.1 Å². The van der Waals surface area contributed by atoms with Crippen molar-refractivity contribution in [2.75, 3.05) is 18.8 Å². The van der Waals surface area contributed by atoms with E-state index in [1.165, 1.54) is 24.3 Å². The van der Waals surface area contributed by atoms with Gasteiger partial charge in [0, 0.05) is 42.4 Å². The van der Waals surface area contributed by atoms with Crippen LogP contribution in [0.5, 0.6) is 0 Å². The highest BCUT2D eigenvalue weighted by molar-refractivity contribution is 8.00. The van der Waals surface area contributed by atoms with E-state index in [9.17, 15) is 0 Å². The summed E-state index contributed by atoms with van der Waals surface area (Å²) in [6.07, 6.45) is 6.60. The number of nitrogens with two attached hydrogens (primary N) is 1. The maximum absolute atomic E-state index is 6.10. The van der Waals surface area contributed by atoms with E-state index in [0.29, 0.717) is 29.9 Å². The molecule has 106 valence electrons. The molecular formula is C14H24N4S. The van der Waals surface area contributed by atoms with Crippen molar-refractivity contribution in [1.29, 1.82) is 0 Å². The Hall–Kier alpha value is -0.520. The van der Waals surface area contributed by atoms with Gasteiger partial charge in [0.15, 0.2) is 0 Å². The molecule has 5 heteroatoms. The van der Waals surface area contributed by atoms with Crippen LogP contribution in [0.3, 0.4) is 0 Å². The third-order valence-electron chi connectivity index (χ3n) is 4.53. The molecule has 1 aliphatic heterocycles. The first-order valence-electron chi connectivity index (χ1n) is 7.31. The van der Waals surface area contributed by atoms with Gasteiger partial charge in [-0.05, 0) is 19.8 Å². The van der Waals surface area contributed by atoms with Crippen molar-refractivity contribution in [3.05, 3.63) is 18.2 Å². The molecule has 3 unspecified atom stereocenters. The topological polar surface area (TPSA) is 47.1 Å².